The lowest BCUT2D eigenvalue weighted by atomic mass is 9.98. The quantitative estimate of drug-likeness (QED) is 0.0251. The molecule has 0 amide bonds. The average molecular weight is 1760 g/mol. The summed E-state index contributed by atoms with van der Waals surface area (Å²) in [4.78, 5) is 50.1. The molecule has 4 aliphatic carbocycles. The molecule has 668 valence electrons. The molecule has 130 heavy (non-hydrogen) atoms. The first-order valence-corrected chi connectivity index (χ1v) is 41.6. The highest BCUT2D eigenvalue weighted by atomic mass is 19.1. The highest BCUT2D eigenvalue weighted by Crippen LogP contribution is 2.52. The van der Waals surface area contributed by atoms with E-state index in [1.165, 1.54) is 124 Å². The van der Waals surface area contributed by atoms with E-state index in [2.05, 4.69) is 0 Å². The maximum atomic E-state index is 14.2. The van der Waals surface area contributed by atoms with Crippen molar-refractivity contribution in [3.05, 3.63) is 330 Å². The average Bonchev–Trinajstić information content (AvgIpc) is 1.63. The Hall–Kier alpha value is -15.2. The van der Waals surface area contributed by atoms with Gasteiger partial charge in [0.05, 0.1) is 87.5 Å². The molecule has 8 aromatic carbocycles. The number of nitrogens with zero attached hydrogens (tertiary/aromatic N) is 1. The molecule has 16 rings (SSSR count). The van der Waals surface area contributed by atoms with Crippen LogP contribution < -0.4 is 37.9 Å². The van der Waals surface area contributed by atoms with Crippen molar-refractivity contribution in [3.8, 4) is 69.0 Å². The number of halogens is 4. The molecular formula is C106H97F4NO19. The van der Waals surface area contributed by atoms with Crippen LogP contribution in [0, 0.1) is 23.3 Å². The molecule has 0 atom stereocenters. The van der Waals surface area contributed by atoms with E-state index in [0.29, 0.717) is 108 Å². The van der Waals surface area contributed by atoms with Crippen molar-refractivity contribution in [3.63, 3.8) is 0 Å². The van der Waals surface area contributed by atoms with Crippen LogP contribution >= 0.6 is 0 Å². The van der Waals surface area contributed by atoms with Gasteiger partial charge in [-0.25, -0.2) is 17.6 Å². The fourth-order valence-electron chi connectivity index (χ4n) is 16.6. The Morgan fingerprint density at radius 3 is 0.938 bits per heavy atom. The molecule has 4 aromatic heterocycles. The van der Waals surface area contributed by atoms with Crippen LogP contribution in [0.15, 0.2) is 231 Å². The van der Waals surface area contributed by atoms with E-state index in [0.717, 1.165) is 139 Å². The molecule has 0 radical (unpaired) electrons. The molecule has 4 aliphatic rings. The summed E-state index contributed by atoms with van der Waals surface area (Å²) in [6.07, 6.45) is 22.5. The molecule has 12 aromatic rings. The molecule has 0 aliphatic heterocycles. The number of ether oxygens (including phenoxy) is 8. The summed E-state index contributed by atoms with van der Waals surface area (Å²) >= 11 is 0. The minimum atomic E-state index is -0.333. The van der Waals surface area contributed by atoms with Gasteiger partial charge in [0.1, 0.15) is 35.3 Å². The van der Waals surface area contributed by atoms with E-state index in [4.69, 9.17) is 51.1 Å². The van der Waals surface area contributed by atoms with Crippen molar-refractivity contribution >= 4 is 92.0 Å². The molecule has 4 heterocycles. The van der Waals surface area contributed by atoms with E-state index in [1.54, 1.807) is 110 Å². The number of carbonyl (C=O) groups excluding carboxylic acids is 4. The largest absolute Gasteiger partial charge is 0.502 e. The third kappa shape index (κ3) is 20.4. The van der Waals surface area contributed by atoms with Gasteiger partial charge < -0.3 is 76.1 Å². The second-order valence-corrected chi connectivity index (χ2v) is 31.2. The first kappa shape index (κ1) is 92.5. The van der Waals surface area contributed by atoms with E-state index < -0.39 is 0 Å². The summed E-state index contributed by atoms with van der Waals surface area (Å²) in [5, 5.41) is 40.8. The molecule has 0 fully saturated rings. The fraction of sp³-hybridized carbons (Fsp3) is 0.208. The summed E-state index contributed by atoms with van der Waals surface area (Å²) in [6, 6.07) is 41.1. The Balaban J connectivity index is 0.000000148. The van der Waals surface area contributed by atoms with Gasteiger partial charge in [-0.15, -0.1) is 0 Å². The van der Waals surface area contributed by atoms with Crippen LogP contribution in [0.3, 0.4) is 0 Å². The van der Waals surface area contributed by atoms with Crippen molar-refractivity contribution < 1.29 is 108 Å². The summed E-state index contributed by atoms with van der Waals surface area (Å²) in [5.41, 5.74) is 23.2. The molecule has 0 saturated heterocycles. The number of furan rings is 3. The number of hydrogen-bond donors (Lipinski definition) is 4. The predicted octanol–water partition coefficient (Wildman–Crippen LogP) is 24.2. The number of fused-ring (bicyclic) bond motifs is 4. The Labute approximate surface area is 749 Å². The monoisotopic (exact) mass is 1760 g/mol. The Morgan fingerprint density at radius 1 is 0.354 bits per heavy atom. The third-order valence-corrected chi connectivity index (χ3v) is 23.3. The number of aromatic hydroxyl groups is 4. The Bertz CT molecular complexity index is 6310. The molecule has 20 nitrogen and oxygen atoms in total. The number of benzene rings is 8. The topological polar surface area (TPSA) is 267 Å². The van der Waals surface area contributed by atoms with Crippen LogP contribution in [0.5, 0.6) is 69.0 Å². The molecule has 24 heteroatoms. The zero-order valence-corrected chi connectivity index (χ0v) is 74.0. The van der Waals surface area contributed by atoms with Crippen molar-refractivity contribution in [2.24, 2.45) is 7.05 Å². The van der Waals surface area contributed by atoms with Gasteiger partial charge in [0.25, 0.3) is 0 Å². The van der Waals surface area contributed by atoms with E-state index in [9.17, 15) is 57.2 Å². The molecule has 4 N–H and O–H groups in total. The van der Waals surface area contributed by atoms with Gasteiger partial charge in [0.15, 0.2) is 69.1 Å². The standard InChI is InChI=1S/C27H26FNO4.C27H25FO5.2C26H23FO5/c1-16-20(7-8-24(30)18-9-10-29(2)15-18)23-14-19(28)5-6-21(23)22(16)11-17-12-25(32-3)27(31)26(13-17)33-4;1-16-21(7-5-20(29)10-17-8-9-33-15-17)24-14-19(28)4-6-22(24)23(16)11-18-12-25(31-2)27(30)26(13-18)32-3;1-15-19(6-7-23(28)17-8-9-32-14-17)22-13-18(27)4-5-20(22)21(15)10-16-11-24(30-2)26(29)25(12-16)31-3;1-15-18(8-9-22(28)23-5-4-10-32-23)21-14-17(27)6-7-19(21)20(15)11-16-12-24(30-2)26(29)25(13-16)31-3/h5-6,9-15,31H,7-8H2,1-4H3;4,6,8-9,11-15,30H,5,7,10H2,1-3H3;4-5,8-14,29H,6-7H2,1-3H3;4-7,10-14,29H,8-9H2,1-3H3. The van der Waals surface area contributed by atoms with Crippen LogP contribution in [-0.4, -0.2) is 105 Å². The zero-order chi connectivity index (χ0) is 92.9. The number of allylic oxidation sites excluding steroid dienone is 12. The number of rotatable bonds is 29. The number of Topliss-reactive ketones (excluding diaryl/α,β-unsaturated/α-hetero) is 4. The number of hydrogen-bond acceptors (Lipinski definition) is 19. The zero-order valence-electron chi connectivity index (χ0n) is 74.0. The van der Waals surface area contributed by atoms with Crippen LogP contribution in [-0.2, 0) is 18.3 Å². The van der Waals surface area contributed by atoms with Crippen molar-refractivity contribution in [1.29, 1.82) is 0 Å². The summed E-state index contributed by atoms with van der Waals surface area (Å²) in [6.45, 7) is 7.90. The maximum Gasteiger partial charge on any atom is 0.200 e. The lowest BCUT2D eigenvalue weighted by Crippen LogP contribution is -2.02. The predicted molar refractivity (Wildman–Crippen MR) is 492 cm³/mol. The SMILES string of the molecule is COc1cc(C=C2C(C)=C(CCC(=O)Cc3ccoc3)c3cc(F)ccc32)cc(OC)c1O.COc1cc(C=C2C(C)=C(CCC(=O)c3ccco3)c3cc(F)ccc32)cc(OC)c1O.COc1cc(C=C2C(C)=C(CCC(=O)c3ccn(C)c3)c3cc(F)ccc32)cc(OC)c1O.COc1cc(C=C2C(C)=C(CCC(=O)c3ccoc3)c3cc(F)ccc32)cc(OC)c1O. The number of ketones is 4. The number of phenolic OH excluding ortho intramolecular Hbond substituents is 4. The third-order valence-electron chi connectivity index (χ3n) is 23.3. The van der Waals surface area contributed by atoms with E-state index >= 15 is 0 Å². The lowest BCUT2D eigenvalue weighted by Gasteiger charge is -2.11. The minimum absolute atomic E-state index is 0.0255. The van der Waals surface area contributed by atoms with Crippen LogP contribution in [0.1, 0.15) is 183 Å². The van der Waals surface area contributed by atoms with Gasteiger partial charge in [-0.1, -0.05) is 24.3 Å². The molecular weight excluding hydrogens is 1670 g/mol. The number of carbonyl (C=O) groups is 4. The first-order valence-electron chi connectivity index (χ1n) is 41.6. The molecule has 0 bridgehead atoms. The summed E-state index contributed by atoms with van der Waals surface area (Å²) in [7, 11) is 13.7. The van der Waals surface area contributed by atoms with Gasteiger partial charge in [0, 0.05) is 57.1 Å². The maximum absolute atomic E-state index is 14.2. The second kappa shape index (κ2) is 41.1. The highest BCUT2D eigenvalue weighted by molar-refractivity contribution is 6.10. The molecule has 0 unspecified atom stereocenters. The number of aromatic nitrogens is 1. The smallest absolute Gasteiger partial charge is 0.200 e. The van der Waals surface area contributed by atoms with Crippen molar-refractivity contribution in [2.75, 3.05) is 56.9 Å². The van der Waals surface area contributed by atoms with Crippen LogP contribution in [0.4, 0.5) is 17.6 Å². The number of phenols is 4. The van der Waals surface area contributed by atoms with Gasteiger partial charge in [-0.2, -0.15) is 0 Å². The molecule has 0 spiro atoms. The van der Waals surface area contributed by atoms with E-state index in [1.807, 2.05) is 82.1 Å². The highest BCUT2D eigenvalue weighted by Gasteiger charge is 2.32. The van der Waals surface area contributed by atoms with Crippen LogP contribution in [0.2, 0.25) is 0 Å². The summed E-state index contributed by atoms with van der Waals surface area (Å²) in [5.74, 6) is 1.13. The lowest BCUT2D eigenvalue weighted by molar-refractivity contribution is -0.118. The van der Waals surface area contributed by atoms with Gasteiger partial charge in [-0.3, -0.25) is 19.2 Å². The second-order valence-electron chi connectivity index (χ2n) is 31.2. The normalized spacial score (nSPS) is 14.0. The van der Waals surface area contributed by atoms with Gasteiger partial charge in [-0.05, 0) is 344 Å². The minimum Gasteiger partial charge on any atom is -0.502 e. The van der Waals surface area contributed by atoms with Crippen molar-refractivity contribution in [1.82, 2.24) is 4.57 Å². The number of aryl methyl sites for hydroxylation is 1. The van der Waals surface area contributed by atoms with Crippen molar-refractivity contribution in [2.45, 2.75) is 85.5 Å². The Morgan fingerprint density at radius 2 is 0.662 bits per heavy atom. The van der Waals surface area contributed by atoms with Crippen LogP contribution in [0.25, 0.3) is 68.9 Å². The van der Waals surface area contributed by atoms with E-state index in [-0.39, 0.29) is 82.2 Å². The number of methoxy groups -OCH3 is 8. The fourth-order valence-corrected chi connectivity index (χ4v) is 16.6. The molecule has 0 saturated carbocycles. The van der Waals surface area contributed by atoms with Gasteiger partial charge in [0.2, 0.25) is 23.0 Å². The Kier molecular flexibility index (Phi) is 29.2. The van der Waals surface area contributed by atoms with Gasteiger partial charge >= 0.3 is 0 Å². The first-order chi connectivity index (χ1) is 62.6. The summed E-state index contributed by atoms with van der Waals surface area (Å²) < 4.78 is 116.